The summed E-state index contributed by atoms with van der Waals surface area (Å²) in [6.45, 7) is 1.41. The topological polar surface area (TPSA) is 108 Å². The fourth-order valence-electron chi connectivity index (χ4n) is 1.60. The number of rotatable bonds is 8. The average molecular weight is 276 g/mol. The lowest BCUT2D eigenvalue weighted by atomic mass is 10.3. The van der Waals surface area contributed by atoms with Crippen LogP contribution in [0.15, 0.2) is 30.3 Å². The number of ether oxygens (including phenoxy) is 1. The molecule has 1 aromatic carbocycles. The van der Waals surface area contributed by atoms with Gasteiger partial charge in [-0.2, -0.15) is 4.68 Å². The molecule has 0 saturated heterocycles. The summed E-state index contributed by atoms with van der Waals surface area (Å²) in [5.41, 5.74) is 5.86. The number of benzene rings is 1. The number of amides is 1. The van der Waals surface area contributed by atoms with E-state index in [4.69, 9.17) is 10.5 Å². The lowest BCUT2D eigenvalue weighted by Gasteiger charge is -2.06. The molecule has 0 aliphatic carbocycles. The molecule has 0 bridgehead atoms. The van der Waals surface area contributed by atoms with Crippen molar-refractivity contribution in [3.05, 3.63) is 36.2 Å². The van der Waals surface area contributed by atoms with Crippen molar-refractivity contribution < 1.29 is 9.53 Å². The first-order chi connectivity index (χ1) is 9.77. The molecule has 0 atom stereocenters. The number of aromatic nitrogens is 4. The van der Waals surface area contributed by atoms with Crippen molar-refractivity contribution in [2.75, 3.05) is 19.8 Å². The molecule has 20 heavy (non-hydrogen) atoms. The molecule has 106 valence electrons. The standard InChI is InChI=1S/C12H16N6O2/c13-11(19)9-20-7-6-14-8-12-15-16-17-18(12)10-4-2-1-3-5-10/h1-5,14H,6-9H2,(H2,13,19). The van der Waals surface area contributed by atoms with Gasteiger partial charge < -0.3 is 15.8 Å². The third-order valence-corrected chi connectivity index (χ3v) is 2.49. The summed E-state index contributed by atoms with van der Waals surface area (Å²) in [7, 11) is 0. The molecule has 0 saturated carbocycles. The Morgan fingerprint density at radius 1 is 1.35 bits per heavy atom. The zero-order valence-electron chi connectivity index (χ0n) is 10.9. The van der Waals surface area contributed by atoms with Crippen molar-refractivity contribution in [3.8, 4) is 5.69 Å². The van der Waals surface area contributed by atoms with E-state index in [0.29, 0.717) is 25.5 Å². The number of nitrogens with zero attached hydrogens (tertiary/aromatic N) is 4. The number of hydrogen-bond donors (Lipinski definition) is 2. The van der Waals surface area contributed by atoms with E-state index >= 15 is 0 Å². The molecule has 1 heterocycles. The molecule has 1 amide bonds. The Morgan fingerprint density at radius 3 is 2.90 bits per heavy atom. The largest absolute Gasteiger partial charge is 0.370 e. The Morgan fingerprint density at radius 2 is 2.15 bits per heavy atom. The van der Waals surface area contributed by atoms with E-state index in [1.54, 1.807) is 4.68 Å². The first kappa shape index (κ1) is 14.1. The van der Waals surface area contributed by atoms with Crippen LogP contribution in [-0.2, 0) is 16.1 Å². The van der Waals surface area contributed by atoms with Crippen LogP contribution in [-0.4, -0.2) is 45.9 Å². The highest BCUT2D eigenvalue weighted by molar-refractivity contribution is 5.74. The third kappa shape index (κ3) is 4.11. The highest BCUT2D eigenvalue weighted by Crippen LogP contribution is 2.06. The summed E-state index contributed by atoms with van der Waals surface area (Å²) in [6.07, 6.45) is 0. The first-order valence-electron chi connectivity index (χ1n) is 6.17. The summed E-state index contributed by atoms with van der Waals surface area (Å²) < 4.78 is 6.70. The Labute approximate surface area is 115 Å². The van der Waals surface area contributed by atoms with Crippen LogP contribution in [0.2, 0.25) is 0 Å². The van der Waals surface area contributed by atoms with E-state index in [1.807, 2.05) is 30.3 Å². The van der Waals surface area contributed by atoms with Gasteiger partial charge in [0.2, 0.25) is 5.91 Å². The number of para-hydroxylation sites is 1. The number of primary amides is 1. The van der Waals surface area contributed by atoms with Crippen molar-refractivity contribution in [1.82, 2.24) is 25.5 Å². The minimum Gasteiger partial charge on any atom is -0.370 e. The molecule has 0 aliphatic heterocycles. The fourth-order valence-corrected chi connectivity index (χ4v) is 1.60. The van der Waals surface area contributed by atoms with Crippen LogP contribution in [0.4, 0.5) is 0 Å². The zero-order chi connectivity index (χ0) is 14.2. The molecule has 2 aromatic rings. The number of carbonyl (C=O) groups excluding carboxylic acids is 1. The molecular formula is C12H16N6O2. The minimum absolute atomic E-state index is 0.0660. The van der Waals surface area contributed by atoms with Gasteiger partial charge in [0, 0.05) is 6.54 Å². The molecule has 8 nitrogen and oxygen atoms in total. The summed E-state index contributed by atoms with van der Waals surface area (Å²) >= 11 is 0. The Hall–Kier alpha value is -2.32. The summed E-state index contributed by atoms with van der Waals surface area (Å²) in [4.78, 5) is 10.5. The van der Waals surface area contributed by atoms with Crippen LogP contribution < -0.4 is 11.1 Å². The summed E-state index contributed by atoms with van der Waals surface area (Å²) in [5.74, 6) is 0.226. The van der Waals surface area contributed by atoms with Gasteiger partial charge in [0.15, 0.2) is 5.82 Å². The highest BCUT2D eigenvalue weighted by Gasteiger charge is 2.06. The fraction of sp³-hybridized carbons (Fsp3) is 0.333. The van der Waals surface area contributed by atoms with Crippen molar-refractivity contribution in [1.29, 1.82) is 0 Å². The van der Waals surface area contributed by atoms with E-state index in [9.17, 15) is 4.79 Å². The maximum atomic E-state index is 10.5. The number of nitrogens with one attached hydrogen (secondary N) is 1. The van der Waals surface area contributed by atoms with Crippen LogP contribution >= 0.6 is 0 Å². The van der Waals surface area contributed by atoms with E-state index in [1.165, 1.54) is 0 Å². The molecular weight excluding hydrogens is 260 g/mol. The van der Waals surface area contributed by atoms with Gasteiger partial charge in [0.1, 0.15) is 6.61 Å². The molecule has 0 radical (unpaired) electrons. The van der Waals surface area contributed by atoms with E-state index in [2.05, 4.69) is 20.8 Å². The Bertz CT molecular complexity index is 542. The van der Waals surface area contributed by atoms with Gasteiger partial charge in [-0.25, -0.2) is 0 Å². The van der Waals surface area contributed by atoms with Crippen molar-refractivity contribution in [2.24, 2.45) is 5.73 Å². The molecule has 1 aromatic heterocycles. The van der Waals surface area contributed by atoms with E-state index in [-0.39, 0.29) is 6.61 Å². The van der Waals surface area contributed by atoms with Crippen molar-refractivity contribution >= 4 is 5.91 Å². The molecule has 0 unspecified atom stereocenters. The quantitative estimate of drug-likeness (QED) is 0.614. The van der Waals surface area contributed by atoms with Crippen LogP contribution in [0.25, 0.3) is 5.69 Å². The van der Waals surface area contributed by atoms with Crippen LogP contribution in [0.1, 0.15) is 5.82 Å². The average Bonchev–Trinajstić information content (AvgIpc) is 2.92. The summed E-state index contributed by atoms with van der Waals surface area (Å²) in [5, 5.41) is 14.7. The van der Waals surface area contributed by atoms with Crippen molar-refractivity contribution in [3.63, 3.8) is 0 Å². The predicted octanol–water partition coefficient (Wildman–Crippen LogP) is -0.746. The third-order valence-electron chi connectivity index (χ3n) is 2.49. The SMILES string of the molecule is NC(=O)COCCNCc1nnnn1-c1ccccc1. The van der Waals surface area contributed by atoms with E-state index < -0.39 is 5.91 Å². The van der Waals surface area contributed by atoms with Gasteiger partial charge in [0.25, 0.3) is 0 Å². The predicted molar refractivity (Wildman–Crippen MR) is 70.9 cm³/mol. The molecule has 0 aliphatic rings. The molecule has 0 fully saturated rings. The van der Waals surface area contributed by atoms with Gasteiger partial charge >= 0.3 is 0 Å². The number of nitrogens with two attached hydrogens (primary N) is 1. The van der Waals surface area contributed by atoms with Gasteiger partial charge in [-0.15, -0.1) is 5.10 Å². The highest BCUT2D eigenvalue weighted by atomic mass is 16.5. The first-order valence-corrected chi connectivity index (χ1v) is 6.17. The zero-order valence-corrected chi connectivity index (χ0v) is 10.9. The lowest BCUT2D eigenvalue weighted by molar-refractivity contribution is -0.122. The van der Waals surface area contributed by atoms with Crippen LogP contribution in [0, 0.1) is 0 Å². The molecule has 8 heteroatoms. The number of carbonyl (C=O) groups is 1. The maximum absolute atomic E-state index is 10.5. The second-order valence-corrected chi connectivity index (χ2v) is 4.04. The van der Waals surface area contributed by atoms with Crippen molar-refractivity contribution in [2.45, 2.75) is 6.54 Å². The van der Waals surface area contributed by atoms with Crippen LogP contribution in [0.3, 0.4) is 0 Å². The normalized spacial score (nSPS) is 10.6. The van der Waals surface area contributed by atoms with Gasteiger partial charge in [0.05, 0.1) is 18.8 Å². The van der Waals surface area contributed by atoms with Gasteiger partial charge in [-0.05, 0) is 22.6 Å². The van der Waals surface area contributed by atoms with Gasteiger partial charge in [-0.1, -0.05) is 18.2 Å². The molecule has 0 spiro atoms. The Kier molecular flexibility index (Phi) is 5.15. The van der Waals surface area contributed by atoms with Gasteiger partial charge in [-0.3, -0.25) is 4.79 Å². The summed E-state index contributed by atoms with van der Waals surface area (Å²) in [6, 6.07) is 9.63. The Balaban J connectivity index is 1.80. The van der Waals surface area contributed by atoms with E-state index in [0.717, 1.165) is 5.69 Å². The lowest BCUT2D eigenvalue weighted by Crippen LogP contribution is -2.24. The second-order valence-electron chi connectivity index (χ2n) is 4.04. The number of hydrogen-bond acceptors (Lipinski definition) is 6. The molecule has 2 rings (SSSR count). The monoisotopic (exact) mass is 276 g/mol. The molecule has 3 N–H and O–H groups in total. The second kappa shape index (κ2) is 7.31. The minimum atomic E-state index is -0.474. The maximum Gasteiger partial charge on any atom is 0.243 e. The smallest absolute Gasteiger partial charge is 0.243 e. The number of tetrazole rings is 1. The van der Waals surface area contributed by atoms with Crippen LogP contribution in [0.5, 0.6) is 0 Å².